The van der Waals surface area contributed by atoms with Crippen molar-refractivity contribution in [2.45, 2.75) is 39.5 Å². The van der Waals surface area contributed by atoms with Gasteiger partial charge >= 0.3 is 0 Å². The molecule has 1 aromatic heterocycles. The summed E-state index contributed by atoms with van der Waals surface area (Å²) in [5.74, 6) is 1.04. The lowest BCUT2D eigenvalue weighted by molar-refractivity contribution is 0.1000. The Labute approximate surface area is 109 Å². The number of nitrogens with two attached hydrogens (primary N) is 1. The highest BCUT2D eigenvalue weighted by atomic mass is 16.1. The third-order valence-corrected chi connectivity index (χ3v) is 3.16. The molecule has 0 aliphatic carbocycles. The minimum atomic E-state index is -0.441. The summed E-state index contributed by atoms with van der Waals surface area (Å²) >= 11 is 0. The van der Waals surface area contributed by atoms with E-state index in [1.54, 1.807) is 12.1 Å². The van der Waals surface area contributed by atoms with Crippen molar-refractivity contribution in [3.05, 3.63) is 23.9 Å². The predicted molar refractivity (Wildman–Crippen MR) is 74.6 cm³/mol. The highest BCUT2D eigenvalue weighted by Gasteiger charge is 2.06. The number of carbonyl (C=O) groups excluding carboxylic acids is 1. The number of hydrogen-bond donors (Lipinski definition) is 2. The molecule has 1 atom stereocenters. The summed E-state index contributed by atoms with van der Waals surface area (Å²) in [6, 6.07) is 3.50. The lowest BCUT2D eigenvalue weighted by Gasteiger charge is -2.15. The van der Waals surface area contributed by atoms with Gasteiger partial charge in [-0.3, -0.25) is 4.79 Å². The van der Waals surface area contributed by atoms with Crippen molar-refractivity contribution < 1.29 is 4.79 Å². The van der Waals surface area contributed by atoms with Crippen LogP contribution < -0.4 is 11.1 Å². The lowest BCUT2D eigenvalue weighted by Crippen LogP contribution is -2.15. The summed E-state index contributed by atoms with van der Waals surface area (Å²) in [6.07, 6.45) is 6.44. The molecule has 0 saturated carbocycles. The van der Waals surface area contributed by atoms with Gasteiger partial charge in [0.15, 0.2) is 0 Å². The largest absolute Gasteiger partial charge is 0.370 e. The monoisotopic (exact) mass is 249 g/mol. The molecule has 100 valence electrons. The first kappa shape index (κ1) is 14.5. The quantitative estimate of drug-likeness (QED) is 0.744. The molecule has 1 amide bonds. The summed E-state index contributed by atoms with van der Waals surface area (Å²) < 4.78 is 0. The van der Waals surface area contributed by atoms with E-state index in [1.807, 2.05) is 0 Å². The summed E-state index contributed by atoms with van der Waals surface area (Å²) in [7, 11) is 0. The standard InChI is InChI=1S/C14H23N3O/c1-3-5-6-11(4-2)9-16-13-8-7-12(10-17-13)14(15)18/h7-8,10-11H,3-6,9H2,1-2H3,(H2,15,18)(H,16,17). The maximum absolute atomic E-state index is 10.9. The number of carbonyl (C=O) groups is 1. The highest BCUT2D eigenvalue weighted by molar-refractivity contribution is 5.92. The minimum absolute atomic E-state index is 0.441. The summed E-state index contributed by atoms with van der Waals surface area (Å²) in [4.78, 5) is 15.1. The molecular weight excluding hydrogens is 226 g/mol. The van der Waals surface area contributed by atoms with Crippen LogP contribution in [0.25, 0.3) is 0 Å². The molecule has 1 heterocycles. The smallest absolute Gasteiger partial charge is 0.250 e. The van der Waals surface area contributed by atoms with Crippen LogP contribution >= 0.6 is 0 Å². The molecule has 0 radical (unpaired) electrons. The molecule has 4 heteroatoms. The number of rotatable bonds is 8. The van der Waals surface area contributed by atoms with E-state index in [-0.39, 0.29) is 0 Å². The van der Waals surface area contributed by atoms with Crippen molar-refractivity contribution in [2.24, 2.45) is 11.7 Å². The van der Waals surface area contributed by atoms with Gasteiger partial charge in [-0.15, -0.1) is 0 Å². The second-order valence-electron chi connectivity index (χ2n) is 4.59. The molecule has 0 aliphatic heterocycles. The normalized spacial score (nSPS) is 12.1. The zero-order chi connectivity index (χ0) is 13.4. The van der Waals surface area contributed by atoms with Crippen molar-refractivity contribution in [1.29, 1.82) is 0 Å². The zero-order valence-electron chi connectivity index (χ0n) is 11.3. The van der Waals surface area contributed by atoms with Gasteiger partial charge in [-0.2, -0.15) is 0 Å². The highest BCUT2D eigenvalue weighted by Crippen LogP contribution is 2.13. The number of pyridine rings is 1. The van der Waals surface area contributed by atoms with Crippen molar-refractivity contribution >= 4 is 11.7 Å². The van der Waals surface area contributed by atoms with Gasteiger partial charge in [0.1, 0.15) is 5.82 Å². The van der Waals surface area contributed by atoms with Gasteiger partial charge in [0, 0.05) is 12.7 Å². The molecule has 0 bridgehead atoms. The molecule has 0 spiro atoms. The van der Waals surface area contributed by atoms with Crippen molar-refractivity contribution in [2.75, 3.05) is 11.9 Å². The molecule has 1 aromatic rings. The Kier molecular flexibility index (Phi) is 6.19. The van der Waals surface area contributed by atoms with E-state index in [0.717, 1.165) is 12.4 Å². The van der Waals surface area contributed by atoms with Gasteiger partial charge in [-0.05, 0) is 24.5 Å². The van der Waals surface area contributed by atoms with Crippen molar-refractivity contribution in [3.63, 3.8) is 0 Å². The first-order valence-electron chi connectivity index (χ1n) is 6.67. The van der Waals surface area contributed by atoms with Gasteiger partial charge in [0.25, 0.3) is 0 Å². The Bertz CT molecular complexity index is 362. The Balaban J connectivity index is 2.44. The molecule has 0 fully saturated rings. The maximum Gasteiger partial charge on any atom is 0.250 e. The van der Waals surface area contributed by atoms with Crippen molar-refractivity contribution in [3.8, 4) is 0 Å². The fourth-order valence-corrected chi connectivity index (χ4v) is 1.84. The van der Waals surface area contributed by atoms with Crippen LogP contribution in [0.1, 0.15) is 49.9 Å². The first-order valence-corrected chi connectivity index (χ1v) is 6.67. The molecule has 18 heavy (non-hydrogen) atoms. The number of aromatic nitrogens is 1. The van der Waals surface area contributed by atoms with Gasteiger partial charge < -0.3 is 11.1 Å². The molecule has 0 aliphatic rings. The number of amides is 1. The van der Waals surface area contributed by atoms with E-state index < -0.39 is 5.91 Å². The van der Waals surface area contributed by atoms with Gasteiger partial charge in [-0.1, -0.05) is 33.1 Å². The van der Waals surface area contributed by atoms with Crippen LogP contribution in [0.2, 0.25) is 0 Å². The summed E-state index contributed by atoms with van der Waals surface area (Å²) in [5, 5.41) is 3.31. The Morgan fingerprint density at radius 3 is 2.72 bits per heavy atom. The number of unbranched alkanes of at least 4 members (excludes halogenated alkanes) is 1. The molecule has 0 saturated heterocycles. The van der Waals surface area contributed by atoms with Crippen LogP contribution in [0.4, 0.5) is 5.82 Å². The molecular formula is C14H23N3O. The van der Waals surface area contributed by atoms with E-state index in [9.17, 15) is 4.79 Å². The van der Waals surface area contributed by atoms with Crippen LogP contribution in [0.15, 0.2) is 18.3 Å². The van der Waals surface area contributed by atoms with E-state index in [4.69, 9.17) is 5.73 Å². The molecule has 3 N–H and O–H groups in total. The summed E-state index contributed by atoms with van der Waals surface area (Å²) in [6.45, 7) is 5.36. The molecule has 1 rings (SSSR count). The predicted octanol–water partition coefficient (Wildman–Crippen LogP) is 2.81. The number of nitrogens with zero attached hydrogens (tertiary/aromatic N) is 1. The Morgan fingerprint density at radius 1 is 1.44 bits per heavy atom. The number of primary amides is 1. The second-order valence-corrected chi connectivity index (χ2v) is 4.59. The fraction of sp³-hybridized carbons (Fsp3) is 0.571. The van der Waals surface area contributed by atoms with Crippen molar-refractivity contribution in [1.82, 2.24) is 4.98 Å². The van der Waals surface area contributed by atoms with Gasteiger partial charge in [-0.25, -0.2) is 4.98 Å². The van der Waals surface area contributed by atoms with E-state index in [0.29, 0.717) is 11.5 Å². The third kappa shape index (κ3) is 4.73. The Morgan fingerprint density at radius 2 is 2.22 bits per heavy atom. The first-order chi connectivity index (χ1) is 8.67. The number of nitrogens with one attached hydrogen (secondary N) is 1. The Hall–Kier alpha value is -1.58. The molecule has 4 nitrogen and oxygen atoms in total. The van der Waals surface area contributed by atoms with Crippen LogP contribution in [0.5, 0.6) is 0 Å². The third-order valence-electron chi connectivity index (χ3n) is 3.16. The van der Waals surface area contributed by atoms with E-state index in [1.165, 1.54) is 31.9 Å². The van der Waals surface area contributed by atoms with E-state index >= 15 is 0 Å². The fourth-order valence-electron chi connectivity index (χ4n) is 1.84. The van der Waals surface area contributed by atoms with Gasteiger partial charge in [0.2, 0.25) is 5.91 Å². The van der Waals surface area contributed by atoms with Gasteiger partial charge in [0.05, 0.1) is 5.56 Å². The number of hydrogen-bond acceptors (Lipinski definition) is 3. The van der Waals surface area contributed by atoms with Crippen LogP contribution in [-0.2, 0) is 0 Å². The maximum atomic E-state index is 10.9. The average molecular weight is 249 g/mol. The second kappa shape index (κ2) is 7.69. The van der Waals surface area contributed by atoms with Crippen LogP contribution in [0.3, 0.4) is 0 Å². The summed E-state index contributed by atoms with van der Waals surface area (Å²) in [5.41, 5.74) is 5.61. The molecule has 0 aromatic carbocycles. The average Bonchev–Trinajstić information content (AvgIpc) is 2.39. The van der Waals surface area contributed by atoms with Crippen LogP contribution in [-0.4, -0.2) is 17.4 Å². The van der Waals surface area contributed by atoms with E-state index in [2.05, 4.69) is 24.1 Å². The number of anilines is 1. The SMILES string of the molecule is CCCCC(CC)CNc1ccc(C(N)=O)cn1. The molecule has 1 unspecified atom stereocenters. The van der Waals surface area contributed by atoms with Crippen LogP contribution in [0, 0.1) is 5.92 Å². The minimum Gasteiger partial charge on any atom is -0.370 e. The zero-order valence-corrected chi connectivity index (χ0v) is 11.3. The lowest BCUT2D eigenvalue weighted by atomic mass is 9.99. The topological polar surface area (TPSA) is 68.0 Å².